The second-order valence-electron chi connectivity index (χ2n) is 2.30. The average molecular weight is 218 g/mol. The lowest BCUT2D eigenvalue weighted by atomic mass is 10.5. The topological polar surface area (TPSA) is 129 Å². The molecule has 0 unspecified atom stereocenters. The Morgan fingerprint density at radius 1 is 1.43 bits per heavy atom. The molecule has 0 spiro atoms. The molecule has 7 nitrogen and oxygen atoms in total. The van der Waals surface area contributed by atoms with E-state index in [0.29, 0.717) is 11.6 Å². The van der Waals surface area contributed by atoms with Crippen LogP contribution in [0.1, 0.15) is 5.76 Å². The first-order valence-electron chi connectivity index (χ1n) is 3.45. The zero-order valence-corrected chi connectivity index (χ0v) is 8.19. The summed E-state index contributed by atoms with van der Waals surface area (Å²) < 4.78 is 4.75. The average Bonchev–Trinajstić information content (AvgIpc) is 2.33. The molecular weight excluding hydrogens is 208 g/mol. The SMILES string of the molecule is Cc1cc(N=C(N)N=C(N)N)no1.[Cl-]. The lowest BCUT2D eigenvalue weighted by Crippen LogP contribution is -3.00. The largest absolute Gasteiger partial charge is 1.00 e. The van der Waals surface area contributed by atoms with E-state index in [1.165, 1.54) is 0 Å². The summed E-state index contributed by atoms with van der Waals surface area (Å²) in [5.41, 5.74) is 15.5. The Hall–Kier alpha value is -1.76. The van der Waals surface area contributed by atoms with Crippen molar-refractivity contribution < 1.29 is 16.9 Å². The summed E-state index contributed by atoms with van der Waals surface area (Å²) >= 11 is 0. The molecule has 14 heavy (non-hydrogen) atoms. The molecule has 1 rings (SSSR count). The summed E-state index contributed by atoms with van der Waals surface area (Å²) in [6.07, 6.45) is 0. The van der Waals surface area contributed by atoms with E-state index in [1.807, 2.05) is 0 Å². The molecular formula is C6H10ClN6O-. The van der Waals surface area contributed by atoms with Crippen LogP contribution in [0, 0.1) is 6.92 Å². The molecule has 6 N–H and O–H groups in total. The zero-order chi connectivity index (χ0) is 9.84. The molecule has 1 aromatic heterocycles. The van der Waals surface area contributed by atoms with Crippen LogP contribution in [0.5, 0.6) is 0 Å². The maximum atomic E-state index is 5.34. The highest BCUT2D eigenvalue weighted by molar-refractivity contribution is 5.93. The summed E-state index contributed by atoms with van der Waals surface area (Å²) in [6.45, 7) is 1.74. The van der Waals surface area contributed by atoms with Gasteiger partial charge < -0.3 is 34.1 Å². The number of aryl methyl sites for hydroxylation is 1. The number of rotatable bonds is 1. The first kappa shape index (κ1) is 12.2. The number of nitrogens with zero attached hydrogens (tertiary/aromatic N) is 3. The molecule has 0 aliphatic carbocycles. The predicted molar refractivity (Wildman–Crippen MR) is 48.3 cm³/mol. The monoisotopic (exact) mass is 217 g/mol. The lowest BCUT2D eigenvalue weighted by Gasteiger charge is -1.90. The molecule has 0 atom stereocenters. The van der Waals surface area contributed by atoms with Gasteiger partial charge >= 0.3 is 0 Å². The lowest BCUT2D eigenvalue weighted by molar-refractivity contribution is -0.00000388. The van der Waals surface area contributed by atoms with Crippen LogP contribution >= 0.6 is 0 Å². The highest BCUT2D eigenvalue weighted by Crippen LogP contribution is 2.10. The fraction of sp³-hybridized carbons (Fsp3) is 0.167. The number of nitrogens with two attached hydrogens (primary N) is 3. The third-order valence-electron chi connectivity index (χ3n) is 1.09. The van der Waals surface area contributed by atoms with Gasteiger partial charge in [0, 0.05) is 6.07 Å². The molecule has 0 amide bonds. The predicted octanol–water partition coefficient (Wildman–Crippen LogP) is -3.79. The molecule has 0 aromatic carbocycles. The van der Waals surface area contributed by atoms with Gasteiger partial charge in [-0.2, -0.15) is 9.98 Å². The van der Waals surface area contributed by atoms with Crippen molar-refractivity contribution in [2.24, 2.45) is 27.2 Å². The second-order valence-corrected chi connectivity index (χ2v) is 2.30. The van der Waals surface area contributed by atoms with Gasteiger partial charge in [-0.3, -0.25) is 0 Å². The van der Waals surface area contributed by atoms with Crippen LogP contribution in [0.3, 0.4) is 0 Å². The van der Waals surface area contributed by atoms with Crippen LogP contribution in [0.4, 0.5) is 5.82 Å². The van der Waals surface area contributed by atoms with Gasteiger partial charge in [-0.1, -0.05) is 5.16 Å². The maximum absolute atomic E-state index is 5.34. The van der Waals surface area contributed by atoms with E-state index in [9.17, 15) is 0 Å². The van der Waals surface area contributed by atoms with Crippen molar-refractivity contribution in [1.82, 2.24) is 5.16 Å². The molecule has 0 bridgehead atoms. The minimum Gasteiger partial charge on any atom is -1.00 e. The number of halogens is 1. The maximum Gasteiger partial charge on any atom is 0.225 e. The van der Waals surface area contributed by atoms with Crippen molar-refractivity contribution >= 4 is 17.7 Å². The molecule has 1 aromatic rings. The Morgan fingerprint density at radius 3 is 2.50 bits per heavy atom. The second kappa shape index (κ2) is 5.07. The van der Waals surface area contributed by atoms with Crippen LogP contribution in [-0.4, -0.2) is 17.1 Å². The van der Waals surface area contributed by atoms with Gasteiger partial charge in [-0.05, 0) is 6.92 Å². The highest BCUT2D eigenvalue weighted by Gasteiger charge is 1.98. The number of aromatic nitrogens is 1. The smallest absolute Gasteiger partial charge is 0.225 e. The van der Waals surface area contributed by atoms with Crippen molar-refractivity contribution in [3.05, 3.63) is 11.8 Å². The van der Waals surface area contributed by atoms with E-state index >= 15 is 0 Å². The number of guanidine groups is 2. The molecule has 0 aliphatic heterocycles. The Kier molecular flexibility index (Phi) is 4.44. The standard InChI is InChI=1S/C6H10N6O.ClH/c1-3-2-4(12-13-3)10-6(9)11-5(7)8;/h2H,1H3,(H6,7,8,9,10,11,12);1H/p-1. The molecule has 1 heterocycles. The van der Waals surface area contributed by atoms with Crippen LogP contribution < -0.4 is 29.6 Å². The Morgan fingerprint density at radius 2 is 2.07 bits per heavy atom. The Bertz CT molecular complexity index is 353. The number of hydrogen-bond acceptors (Lipinski definition) is 3. The molecule has 0 radical (unpaired) electrons. The van der Waals surface area contributed by atoms with Gasteiger partial charge in [0.05, 0.1) is 0 Å². The normalized spacial score (nSPS) is 10.5. The molecule has 0 saturated carbocycles. The van der Waals surface area contributed by atoms with Gasteiger partial charge in [0.15, 0.2) is 11.8 Å². The van der Waals surface area contributed by atoms with Crippen molar-refractivity contribution in [2.45, 2.75) is 6.92 Å². The molecule has 8 heteroatoms. The van der Waals surface area contributed by atoms with Crippen molar-refractivity contribution in [3.8, 4) is 0 Å². The van der Waals surface area contributed by atoms with Crippen LogP contribution in [0.25, 0.3) is 0 Å². The van der Waals surface area contributed by atoms with E-state index in [0.717, 1.165) is 0 Å². The summed E-state index contributed by atoms with van der Waals surface area (Å²) in [5, 5.41) is 3.57. The van der Waals surface area contributed by atoms with Crippen LogP contribution in [0.2, 0.25) is 0 Å². The van der Waals surface area contributed by atoms with E-state index in [4.69, 9.17) is 21.7 Å². The molecule has 0 aliphatic rings. The van der Waals surface area contributed by atoms with E-state index in [1.54, 1.807) is 13.0 Å². The van der Waals surface area contributed by atoms with Crippen molar-refractivity contribution in [2.75, 3.05) is 0 Å². The first-order chi connectivity index (χ1) is 6.08. The third-order valence-corrected chi connectivity index (χ3v) is 1.09. The molecule has 0 fully saturated rings. The molecule has 78 valence electrons. The van der Waals surface area contributed by atoms with Gasteiger partial charge in [0.1, 0.15) is 5.76 Å². The van der Waals surface area contributed by atoms with Gasteiger partial charge in [0.2, 0.25) is 5.96 Å². The summed E-state index contributed by atoms with van der Waals surface area (Å²) in [4.78, 5) is 7.26. The summed E-state index contributed by atoms with van der Waals surface area (Å²) in [7, 11) is 0. The summed E-state index contributed by atoms with van der Waals surface area (Å²) in [6, 6.07) is 1.61. The third kappa shape index (κ3) is 3.76. The minimum atomic E-state index is -0.151. The quantitative estimate of drug-likeness (QED) is 0.328. The summed E-state index contributed by atoms with van der Waals surface area (Å²) in [5.74, 6) is 0.756. The number of hydrogen-bond donors (Lipinski definition) is 3. The van der Waals surface area contributed by atoms with Crippen LogP contribution in [-0.2, 0) is 0 Å². The highest BCUT2D eigenvalue weighted by atomic mass is 35.5. The van der Waals surface area contributed by atoms with Gasteiger partial charge in [0.25, 0.3) is 0 Å². The fourth-order valence-corrected chi connectivity index (χ4v) is 0.681. The van der Waals surface area contributed by atoms with Crippen LogP contribution in [0.15, 0.2) is 20.6 Å². The first-order valence-corrected chi connectivity index (χ1v) is 3.45. The Balaban J connectivity index is 0.00000169. The van der Waals surface area contributed by atoms with Crippen molar-refractivity contribution in [3.63, 3.8) is 0 Å². The number of aliphatic imine (C=N–C) groups is 2. The van der Waals surface area contributed by atoms with Gasteiger partial charge in [-0.25, -0.2) is 0 Å². The Labute approximate surface area is 86.5 Å². The van der Waals surface area contributed by atoms with E-state index in [2.05, 4.69) is 15.1 Å². The van der Waals surface area contributed by atoms with E-state index in [-0.39, 0.29) is 24.3 Å². The van der Waals surface area contributed by atoms with Gasteiger partial charge in [-0.15, -0.1) is 0 Å². The van der Waals surface area contributed by atoms with E-state index < -0.39 is 0 Å². The minimum absolute atomic E-state index is 0. The molecule has 0 saturated heterocycles. The zero-order valence-electron chi connectivity index (χ0n) is 7.44. The fourth-order valence-electron chi connectivity index (χ4n) is 0.681. The van der Waals surface area contributed by atoms with Crippen molar-refractivity contribution in [1.29, 1.82) is 0 Å².